The van der Waals surface area contributed by atoms with Gasteiger partial charge in [0.25, 0.3) is 0 Å². The first-order valence-electron chi connectivity index (χ1n) is 9.87. The molecule has 0 saturated carbocycles. The molecule has 1 amide bonds. The van der Waals surface area contributed by atoms with Crippen molar-refractivity contribution < 1.29 is 9.32 Å². The van der Waals surface area contributed by atoms with Crippen LogP contribution in [0.1, 0.15) is 56.3 Å². The summed E-state index contributed by atoms with van der Waals surface area (Å²) in [7, 11) is 0. The van der Waals surface area contributed by atoms with Crippen molar-refractivity contribution in [3.8, 4) is 0 Å². The number of amides is 1. The highest BCUT2D eigenvalue weighted by atomic mass is 16.5. The average molecular weight is 355 g/mol. The maximum Gasteiger partial charge on any atom is 0.226 e. The molecule has 1 fully saturated rings. The van der Waals surface area contributed by atoms with E-state index in [0.29, 0.717) is 18.7 Å². The van der Waals surface area contributed by atoms with Gasteiger partial charge in [0.15, 0.2) is 5.82 Å². The van der Waals surface area contributed by atoms with E-state index in [1.165, 1.54) is 12.0 Å². The molecule has 0 N–H and O–H groups in total. The van der Waals surface area contributed by atoms with Crippen LogP contribution in [-0.2, 0) is 24.1 Å². The molecule has 2 aromatic rings. The Morgan fingerprint density at radius 1 is 1.19 bits per heavy atom. The fourth-order valence-corrected chi connectivity index (χ4v) is 3.57. The smallest absolute Gasteiger partial charge is 0.226 e. The van der Waals surface area contributed by atoms with Crippen LogP contribution in [0, 0.1) is 5.92 Å². The Morgan fingerprint density at radius 2 is 1.96 bits per heavy atom. The predicted octanol–water partition coefficient (Wildman–Crippen LogP) is 3.83. The van der Waals surface area contributed by atoms with Crippen molar-refractivity contribution in [2.45, 2.75) is 58.3 Å². The molecule has 1 aromatic heterocycles. The van der Waals surface area contributed by atoms with Gasteiger partial charge in [0.2, 0.25) is 11.8 Å². The Hall–Kier alpha value is -2.17. The normalized spacial score (nSPS) is 15.3. The van der Waals surface area contributed by atoms with Gasteiger partial charge in [0.1, 0.15) is 0 Å². The molecule has 1 aromatic carbocycles. The van der Waals surface area contributed by atoms with Crippen LogP contribution < -0.4 is 0 Å². The van der Waals surface area contributed by atoms with Gasteiger partial charge in [-0.05, 0) is 43.6 Å². The minimum Gasteiger partial charge on any atom is -0.343 e. The molecule has 2 heterocycles. The van der Waals surface area contributed by atoms with Crippen molar-refractivity contribution in [3.63, 3.8) is 0 Å². The summed E-state index contributed by atoms with van der Waals surface area (Å²) in [5.74, 6) is 2.39. The van der Waals surface area contributed by atoms with E-state index in [0.717, 1.165) is 56.9 Å². The SMILES string of the molecule is CCc1noc(CCCC(=O)N2CCC(CCc3ccccc3)CC2)n1. The van der Waals surface area contributed by atoms with Crippen molar-refractivity contribution in [1.29, 1.82) is 0 Å². The largest absolute Gasteiger partial charge is 0.343 e. The Kier molecular flexibility index (Phi) is 6.81. The van der Waals surface area contributed by atoms with Gasteiger partial charge in [-0.15, -0.1) is 0 Å². The van der Waals surface area contributed by atoms with Gasteiger partial charge in [-0.1, -0.05) is 42.4 Å². The van der Waals surface area contributed by atoms with Crippen LogP contribution >= 0.6 is 0 Å². The first kappa shape index (κ1) is 18.6. The molecule has 0 aliphatic carbocycles. The zero-order valence-corrected chi connectivity index (χ0v) is 15.7. The molecule has 0 unspecified atom stereocenters. The maximum atomic E-state index is 12.4. The molecule has 0 atom stereocenters. The van der Waals surface area contributed by atoms with Gasteiger partial charge in [0, 0.05) is 32.4 Å². The van der Waals surface area contributed by atoms with Crippen LogP contribution in [0.5, 0.6) is 0 Å². The lowest BCUT2D eigenvalue weighted by atomic mass is 9.90. The molecule has 0 spiro atoms. The van der Waals surface area contributed by atoms with Crippen LogP contribution in [0.3, 0.4) is 0 Å². The van der Waals surface area contributed by atoms with Crippen LogP contribution in [0.25, 0.3) is 0 Å². The summed E-state index contributed by atoms with van der Waals surface area (Å²) in [6.07, 6.45) is 7.43. The molecule has 1 aliphatic rings. The number of carbonyl (C=O) groups excluding carboxylic acids is 1. The third kappa shape index (κ3) is 5.41. The van der Waals surface area contributed by atoms with Crippen LogP contribution in [0.4, 0.5) is 0 Å². The summed E-state index contributed by atoms with van der Waals surface area (Å²) in [5.41, 5.74) is 1.42. The topological polar surface area (TPSA) is 59.2 Å². The van der Waals surface area contributed by atoms with Crippen LogP contribution in [-0.4, -0.2) is 34.0 Å². The quantitative estimate of drug-likeness (QED) is 0.722. The van der Waals surface area contributed by atoms with E-state index in [9.17, 15) is 4.79 Å². The second-order valence-electron chi connectivity index (χ2n) is 7.16. The van der Waals surface area contributed by atoms with Crippen molar-refractivity contribution in [3.05, 3.63) is 47.6 Å². The minimum atomic E-state index is 0.265. The average Bonchev–Trinajstić information content (AvgIpc) is 3.15. The Balaban J connectivity index is 1.32. The third-order valence-electron chi connectivity index (χ3n) is 5.26. The summed E-state index contributed by atoms with van der Waals surface area (Å²) < 4.78 is 5.17. The molecule has 1 saturated heterocycles. The number of hydrogen-bond acceptors (Lipinski definition) is 4. The number of aryl methyl sites for hydroxylation is 3. The fraction of sp³-hybridized carbons (Fsp3) is 0.571. The number of likely N-dealkylation sites (tertiary alicyclic amines) is 1. The van der Waals surface area contributed by atoms with E-state index in [2.05, 4.69) is 40.5 Å². The number of nitrogens with zero attached hydrogens (tertiary/aromatic N) is 3. The van der Waals surface area contributed by atoms with Crippen LogP contribution in [0.2, 0.25) is 0 Å². The predicted molar refractivity (Wildman–Crippen MR) is 101 cm³/mol. The van der Waals surface area contributed by atoms with Gasteiger partial charge in [-0.3, -0.25) is 4.79 Å². The van der Waals surface area contributed by atoms with E-state index >= 15 is 0 Å². The van der Waals surface area contributed by atoms with E-state index in [4.69, 9.17) is 4.52 Å². The molecule has 140 valence electrons. The Morgan fingerprint density at radius 3 is 2.65 bits per heavy atom. The Bertz CT molecular complexity index is 676. The number of hydrogen-bond donors (Lipinski definition) is 0. The summed E-state index contributed by atoms with van der Waals surface area (Å²) in [4.78, 5) is 18.7. The molecule has 0 radical (unpaired) electrons. The zero-order chi connectivity index (χ0) is 18.2. The zero-order valence-electron chi connectivity index (χ0n) is 15.7. The van der Waals surface area contributed by atoms with E-state index in [1.54, 1.807) is 0 Å². The Labute approximate surface area is 155 Å². The number of benzene rings is 1. The second-order valence-corrected chi connectivity index (χ2v) is 7.16. The molecule has 5 nitrogen and oxygen atoms in total. The number of aromatic nitrogens is 2. The molecule has 26 heavy (non-hydrogen) atoms. The molecular formula is C21H29N3O2. The first-order chi connectivity index (χ1) is 12.7. The molecular weight excluding hydrogens is 326 g/mol. The van der Waals surface area contributed by atoms with Crippen molar-refractivity contribution in [2.75, 3.05) is 13.1 Å². The number of carbonyl (C=O) groups is 1. The maximum absolute atomic E-state index is 12.4. The standard InChI is InChI=1S/C21H29N3O2/c1-2-19-22-20(26-23-19)9-6-10-21(25)24-15-13-18(14-16-24)12-11-17-7-4-3-5-8-17/h3-5,7-8,18H,2,6,9-16H2,1H3. The van der Waals surface area contributed by atoms with Crippen LogP contribution in [0.15, 0.2) is 34.9 Å². The summed E-state index contributed by atoms with van der Waals surface area (Å²) in [6, 6.07) is 10.7. The summed E-state index contributed by atoms with van der Waals surface area (Å²) in [5, 5.41) is 3.89. The van der Waals surface area contributed by atoms with Gasteiger partial charge in [0.05, 0.1) is 0 Å². The minimum absolute atomic E-state index is 0.265. The lowest BCUT2D eigenvalue weighted by Crippen LogP contribution is -2.38. The summed E-state index contributed by atoms with van der Waals surface area (Å²) >= 11 is 0. The number of piperidine rings is 1. The summed E-state index contributed by atoms with van der Waals surface area (Å²) in [6.45, 7) is 3.80. The number of rotatable bonds is 8. The third-order valence-corrected chi connectivity index (χ3v) is 5.26. The van der Waals surface area contributed by atoms with E-state index < -0.39 is 0 Å². The monoisotopic (exact) mass is 355 g/mol. The lowest BCUT2D eigenvalue weighted by molar-refractivity contribution is -0.132. The highest BCUT2D eigenvalue weighted by Gasteiger charge is 2.22. The molecule has 1 aliphatic heterocycles. The van der Waals surface area contributed by atoms with Gasteiger partial charge in [-0.25, -0.2) is 0 Å². The highest BCUT2D eigenvalue weighted by molar-refractivity contribution is 5.76. The highest BCUT2D eigenvalue weighted by Crippen LogP contribution is 2.23. The van der Waals surface area contributed by atoms with E-state index in [-0.39, 0.29) is 5.91 Å². The van der Waals surface area contributed by atoms with Crippen molar-refractivity contribution in [1.82, 2.24) is 15.0 Å². The van der Waals surface area contributed by atoms with Gasteiger partial charge >= 0.3 is 0 Å². The first-order valence-corrected chi connectivity index (χ1v) is 9.87. The van der Waals surface area contributed by atoms with Gasteiger partial charge in [-0.2, -0.15) is 4.98 Å². The molecule has 3 rings (SSSR count). The van der Waals surface area contributed by atoms with E-state index in [1.807, 2.05) is 11.8 Å². The lowest BCUT2D eigenvalue weighted by Gasteiger charge is -2.32. The fourth-order valence-electron chi connectivity index (χ4n) is 3.57. The second kappa shape index (κ2) is 9.51. The van der Waals surface area contributed by atoms with Crippen molar-refractivity contribution >= 4 is 5.91 Å². The van der Waals surface area contributed by atoms with Crippen molar-refractivity contribution in [2.24, 2.45) is 5.92 Å². The van der Waals surface area contributed by atoms with Gasteiger partial charge < -0.3 is 9.42 Å². The molecule has 5 heteroatoms. The molecule has 0 bridgehead atoms.